The first-order chi connectivity index (χ1) is 13.0. The number of hydrogen-bond acceptors (Lipinski definition) is 2. The van der Waals surface area contributed by atoms with Crippen molar-refractivity contribution in [2.24, 2.45) is 0 Å². The molecule has 1 heterocycles. The second-order valence-electron chi connectivity index (χ2n) is 7.03. The zero-order valence-corrected chi connectivity index (χ0v) is 15.7. The number of piperidine rings is 1. The van der Waals surface area contributed by atoms with E-state index in [4.69, 9.17) is 0 Å². The van der Waals surface area contributed by atoms with Gasteiger partial charge in [0.1, 0.15) is 12.4 Å². The average molecular weight is 368 g/mol. The number of benzene rings is 2. The summed E-state index contributed by atoms with van der Waals surface area (Å²) in [4.78, 5) is 29.0. The van der Waals surface area contributed by atoms with E-state index in [0.29, 0.717) is 11.3 Å². The molecule has 2 aromatic carbocycles. The zero-order chi connectivity index (χ0) is 19.2. The summed E-state index contributed by atoms with van der Waals surface area (Å²) in [5.41, 5.74) is 2.07. The molecule has 0 N–H and O–H groups in total. The molecule has 3 rings (SSSR count). The Balaban J connectivity index is 1.80. The molecule has 27 heavy (non-hydrogen) atoms. The third-order valence-corrected chi connectivity index (χ3v) is 4.95. The van der Waals surface area contributed by atoms with E-state index in [1.165, 1.54) is 11.0 Å². The summed E-state index contributed by atoms with van der Waals surface area (Å²) >= 11 is 0. The lowest BCUT2D eigenvalue weighted by molar-refractivity contribution is -0.132. The van der Waals surface area contributed by atoms with E-state index >= 15 is 0 Å². The van der Waals surface area contributed by atoms with Gasteiger partial charge in [0.2, 0.25) is 11.8 Å². The number of amides is 2. The van der Waals surface area contributed by atoms with E-state index < -0.39 is 5.82 Å². The molecule has 0 unspecified atom stereocenters. The molecule has 1 aliphatic rings. The normalized spacial score (nSPS) is 14.1. The third kappa shape index (κ3) is 4.94. The first-order valence-electron chi connectivity index (χ1n) is 9.43. The van der Waals surface area contributed by atoms with Crippen LogP contribution in [-0.2, 0) is 16.0 Å². The molecule has 1 aliphatic heterocycles. The van der Waals surface area contributed by atoms with Crippen LogP contribution in [0.5, 0.6) is 0 Å². The van der Waals surface area contributed by atoms with Gasteiger partial charge < -0.3 is 9.80 Å². The Morgan fingerprint density at radius 1 is 1.00 bits per heavy atom. The van der Waals surface area contributed by atoms with Crippen molar-refractivity contribution < 1.29 is 14.0 Å². The van der Waals surface area contributed by atoms with E-state index in [-0.39, 0.29) is 24.8 Å². The van der Waals surface area contributed by atoms with Gasteiger partial charge in [-0.3, -0.25) is 9.59 Å². The molecule has 0 atom stereocenters. The first-order valence-corrected chi connectivity index (χ1v) is 9.43. The van der Waals surface area contributed by atoms with E-state index in [0.717, 1.165) is 37.9 Å². The molecule has 1 saturated heterocycles. The van der Waals surface area contributed by atoms with Crippen molar-refractivity contribution in [1.29, 1.82) is 0 Å². The fourth-order valence-corrected chi connectivity index (χ4v) is 3.33. The fourth-order valence-electron chi connectivity index (χ4n) is 3.33. The molecular weight excluding hydrogens is 343 g/mol. The molecular formula is C22H25FN2O2. The molecule has 0 bridgehead atoms. The van der Waals surface area contributed by atoms with Crippen LogP contribution in [0.3, 0.4) is 0 Å². The topological polar surface area (TPSA) is 40.6 Å². The lowest BCUT2D eigenvalue weighted by atomic mass is 10.1. The Morgan fingerprint density at radius 2 is 1.67 bits per heavy atom. The van der Waals surface area contributed by atoms with Gasteiger partial charge in [0.05, 0.1) is 6.42 Å². The predicted molar refractivity (Wildman–Crippen MR) is 104 cm³/mol. The molecule has 0 radical (unpaired) electrons. The van der Waals surface area contributed by atoms with Crippen LogP contribution in [0.25, 0.3) is 0 Å². The van der Waals surface area contributed by atoms with Crippen molar-refractivity contribution in [3.05, 3.63) is 65.5 Å². The summed E-state index contributed by atoms with van der Waals surface area (Å²) in [6.45, 7) is 3.43. The Hall–Kier alpha value is -2.69. The van der Waals surface area contributed by atoms with Crippen LogP contribution in [-0.4, -0.2) is 36.3 Å². The van der Waals surface area contributed by atoms with Gasteiger partial charge in [-0.15, -0.1) is 0 Å². The SMILES string of the molecule is Cc1ccc(N(CC(=O)N2CCCCC2)C(=O)Cc2ccccc2F)cc1. The Labute approximate surface area is 159 Å². The number of rotatable bonds is 5. The van der Waals surface area contributed by atoms with Crippen molar-refractivity contribution >= 4 is 17.5 Å². The van der Waals surface area contributed by atoms with Gasteiger partial charge in [-0.05, 0) is 49.9 Å². The van der Waals surface area contributed by atoms with E-state index in [9.17, 15) is 14.0 Å². The van der Waals surface area contributed by atoms with Crippen molar-refractivity contribution in [3.63, 3.8) is 0 Å². The van der Waals surface area contributed by atoms with E-state index in [1.807, 2.05) is 36.1 Å². The highest BCUT2D eigenvalue weighted by molar-refractivity contribution is 5.99. The largest absolute Gasteiger partial charge is 0.341 e. The molecule has 1 fully saturated rings. The Bertz CT molecular complexity index is 798. The molecule has 2 amide bonds. The minimum atomic E-state index is -0.405. The van der Waals surface area contributed by atoms with Crippen molar-refractivity contribution in [1.82, 2.24) is 4.90 Å². The molecule has 0 aliphatic carbocycles. The Morgan fingerprint density at radius 3 is 2.33 bits per heavy atom. The van der Waals surface area contributed by atoms with Gasteiger partial charge in [-0.1, -0.05) is 35.9 Å². The van der Waals surface area contributed by atoms with Crippen molar-refractivity contribution in [2.45, 2.75) is 32.6 Å². The molecule has 0 spiro atoms. The summed E-state index contributed by atoms with van der Waals surface area (Å²) in [7, 11) is 0. The molecule has 2 aromatic rings. The summed E-state index contributed by atoms with van der Waals surface area (Å²) < 4.78 is 14.0. The van der Waals surface area contributed by atoms with Crippen LogP contribution in [0.1, 0.15) is 30.4 Å². The number of hydrogen-bond donors (Lipinski definition) is 0. The Kier molecular flexibility index (Phi) is 6.22. The lowest BCUT2D eigenvalue weighted by Crippen LogP contribution is -2.45. The van der Waals surface area contributed by atoms with Crippen LogP contribution in [0.2, 0.25) is 0 Å². The molecule has 5 heteroatoms. The van der Waals surface area contributed by atoms with Crippen LogP contribution in [0.4, 0.5) is 10.1 Å². The highest BCUT2D eigenvalue weighted by Gasteiger charge is 2.24. The lowest BCUT2D eigenvalue weighted by Gasteiger charge is -2.30. The van der Waals surface area contributed by atoms with Gasteiger partial charge in [-0.2, -0.15) is 0 Å². The van der Waals surface area contributed by atoms with Crippen LogP contribution < -0.4 is 4.90 Å². The number of carbonyl (C=O) groups excluding carboxylic acids is 2. The minimum absolute atomic E-state index is 0.0175. The average Bonchev–Trinajstić information content (AvgIpc) is 2.69. The number of aryl methyl sites for hydroxylation is 1. The first kappa shape index (κ1) is 19.1. The van der Waals surface area contributed by atoms with E-state index in [2.05, 4.69) is 0 Å². The van der Waals surface area contributed by atoms with E-state index in [1.54, 1.807) is 18.2 Å². The maximum atomic E-state index is 14.0. The standard InChI is InChI=1S/C22H25FN2O2/c1-17-9-11-19(12-10-17)25(16-22(27)24-13-5-2-6-14-24)21(26)15-18-7-3-4-8-20(18)23/h3-4,7-12H,2,5-6,13-16H2,1H3. The molecule has 142 valence electrons. The van der Waals surface area contributed by atoms with Gasteiger partial charge in [-0.25, -0.2) is 4.39 Å². The summed E-state index contributed by atoms with van der Waals surface area (Å²) in [6.07, 6.45) is 3.06. The third-order valence-electron chi connectivity index (χ3n) is 4.95. The van der Waals surface area contributed by atoms with Crippen LogP contribution in [0.15, 0.2) is 48.5 Å². The molecule has 0 aromatic heterocycles. The monoisotopic (exact) mass is 368 g/mol. The van der Waals surface area contributed by atoms with Gasteiger partial charge in [0, 0.05) is 18.8 Å². The fraction of sp³-hybridized carbons (Fsp3) is 0.364. The number of halogens is 1. The zero-order valence-electron chi connectivity index (χ0n) is 15.7. The number of carbonyl (C=O) groups is 2. The second-order valence-corrected chi connectivity index (χ2v) is 7.03. The number of nitrogens with zero attached hydrogens (tertiary/aromatic N) is 2. The molecule has 0 saturated carbocycles. The number of likely N-dealkylation sites (tertiary alicyclic amines) is 1. The number of anilines is 1. The van der Waals surface area contributed by atoms with Crippen LogP contribution in [0, 0.1) is 12.7 Å². The van der Waals surface area contributed by atoms with Crippen molar-refractivity contribution in [3.8, 4) is 0 Å². The molecule has 4 nitrogen and oxygen atoms in total. The van der Waals surface area contributed by atoms with Crippen LogP contribution >= 0.6 is 0 Å². The second kappa shape index (κ2) is 8.80. The summed E-state index contributed by atoms with van der Waals surface area (Å²) in [5.74, 6) is -0.747. The van der Waals surface area contributed by atoms with Gasteiger partial charge in [0.15, 0.2) is 0 Å². The maximum absolute atomic E-state index is 14.0. The smallest absolute Gasteiger partial charge is 0.242 e. The summed E-state index contributed by atoms with van der Waals surface area (Å²) in [5, 5.41) is 0. The minimum Gasteiger partial charge on any atom is -0.341 e. The highest BCUT2D eigenvalue weighted by atomic mass is 19.1. The highest BCUT2D eigenvalue weighted by Crippen LogP contribution is 2.19. The van der Waals surface area contributed by atoms with Gasteiger partial charge in [0.25, 0.3) is 0 Å². The van der Waals surface area contributed by atoms with Crippen molar-refractivity contribution in [2.75, 3.05) is 24.5 Å². The predicted octanol–water partition coefficient (Wildman–Crippen LogP) is 3.72. The van der Waals surface area contributed by atoms with Gasteiger partial charge >= 0.3 is 0 Å². The maximum Gasteiger partial charge on any atom is 0.242 e. The summed E-state index contributed by atoms with van der Waals surface area (Å²) in [6, 6.07) is 13.7. The quantitative estimate of drug-likeness (QED) is 0.807.